The zero-order chi connectivity index (χ0) is 54.5. The smallest absolute Gasteiger partial charge is 0.0490 e. The molecule has 388 valence electrons. The van der Waals surface area contributed by atoms with Crippen molar-refractivity contribution < 1.29 is 0 Å². The summed E-state index contributed by atoms with van der Waals surface area (Å²) in [6, 6.07) is 70.7. The number of aryl methyl sites for hydroxylation is 4. The number of anilines is 6. The van der Waals surface area contributed by atoms with Crippen LogP contribution in [0.1, 0.15) is 120 Å². The molecular weight excluding hydrogens is 953 g/mol. The van der Waals surface area contributed by atoms with Crippen molar-refractivity contribution in [3.8, 4) is 22.3 Å². The molecule has 2 heteroatoms. The van der Waals surface area contributed by atoms with E-state index in [9.17, 15) is 0 Å². The molecule has 0 aliphatic heterocycles. The summed E-state index contributed by atoms with van der Waals surface area (Å²) in [7, 11) is 0. The Kier molecular flexibility index (Phi) is 12.0. The van der Waals surface area contributed by atoms with Gasteiger partial charge in [-0.2, -0.15) is 0 Å². The molecule has 2 nitrogen and oxygen atoms in total. The van der Waals surface area contributed by atoms with Crippen molar-refractivity contribution in [1.82, 2.24) is 0 Å². The van der Waals surface area contributed by atoms with Crippen LogP contribution in [0.5, 0.6) is 0 Å². The van der Waals surface area contributed by atoms with Gasteiger partial charge in [0, 0.05) is 50.4 Å². The average molecular weight is 1020 g/mol. The lowest BCUT2D eigenvalue weighted by Gasteiger charge is -2.29. The maximum Gasteiger partial charge on any atom is 0.0490 e. The van der Waals surface area contributed by atoms with Gasteiger partial charge in [0.05, 0.1) is 0 Å². The Labute approximate surface area is 469 Å². The van der Waals surface area contributed by atoms with Gasteiger partial charge in [-0.25, -0.2) is 0 Å². The second-order valence-electron chi connectivity index (χ2n) is 24.5. The molecule has 0 heterocycles. The number of hydrogen-bond acceptors (Lipinski definition) is 2. The van der Waals surface area contributed by atoms with Crippen LogP contribution in [0.25, 0.3) is 46.1 Å². The van der Waals surface area contributed by atoms with E-state index in [-0.39, 0.29) is 16.2 Å². The number of para-hydroxylation sites is 2. The summed E-state index contributed by atoms with van der Waals surface area (Å²) in [6.45, 7) is 23.1. The van der Waals surface area contributed by atoms with Gasteiger partial charge in [0.25, 0.3) is 0 Å². The standard InChI is InChI=1S/C77H70N2/c1-49-19-31-57(32-20-49)78(73-17-13-11-15-51(73)3)59-35-41-65-63-39-29-55(45-69(63)76(7,8)71(65)47-59)25-23-53-27-37-61-62-38-28-54(44-68(62)75(5,6)67(61)43-53)24-26-56-30-40-64-66-42-36-60(48-72(66)77(9,10)70(64)46-56)79(58-33-21-50(2)22-34-58)74-18-14-12-16-52(74)4/h11-29,31-48,56H,30H2,1-10H3/b25-23+,26-24+. The fourth-order valence-electron chi connectivity index (χ4n) is 13.5. The minimum atomic E-state index is -0.167. The molecule has 4 aliphatic rings. The number of benzene rings is 9. The van der Waals surface area contributed by atoms with Crippen molar-refractivity contribution in [3.05, 3.63) is 284 Å². The summed E-state index contributed by atoms with van der Waals surface area (Å²) in [5.74, 6) is 0.320. The molecule has 79 heavy (non-hydrogen) atoms. The molecule has 1 atom stereocenters. The fourth-order valence-corrected chi connectivity index (χ4v) is 13.5. The number of fused-ring (bicyclic) bond motifs is 9. The molecule has 0 saturated carbocycles. The highest BCUT2D eigenvalue weighted by Gasteiger charge is 2.41. The summed E-state index contributed by atoms with van der Waals surface area (Å²) in [6.07, 6.45) is 15.4. The maximum absolute atomic E-state index is 2.55. The van der Waals surface area contributed by atoms with Crippen molar-refractivity contribution in [1.29, 1.82) is 0 Å². The molecule has 0 bridgehead atoms. The second-order valence-corrected chi connectivity index (χ2v) is 24.5. The molecule has 9 aromatic carbocycles. The van der Waals surface area contributed by atoms with Crippen LogP contribution in [-0.4, -0.2) is 0 Å². The zero-order valence-electron chi connectivity index (χ0n) is 47.5. The maximum atomic E-state index is 2.55. The van der Waals surface area contributed by atoms with Gasteiger partial charge in [0.1, 0.15) is 0 Å². The highest BCUT2D eigenvalue weighted by atomic mass is 15.1. The monoisotopic (exact) mass is 1020 g/mol. The van der Waals surface area contributed by atoms with Crippen LogP contribution in [0, 0.1) is 33.6 Å². The van der Waals surface area contributed by atoms with E-state index >= 15 is 0 Å². The Morgan fingerprint density at radius 1 is 0.380 bits per heavy atom. The van der Waals surface area contributed by atoms with Crippen molar-refractivity contribution in [2.45, 2.75) is 91.9 Å². The molecule has 9 aromatic rings. The third kappa shape index (κ3) is 8.47. The zero-order valence-corrected chi connectivity index (χ0v) is 47.5. The van der Waals surface area contributed by atoms with Crippen molar-refractivity contribution in [2.75, 3.05) is 9.80 Å². The molecule has 0 saturated heterocycles. The van der Waals surface area contributed by atoms with Gasteiger partial charge in [-0.05, 0) is 195 Å². The van der Waals surface area contributed by atoms with Crippen LogP contribution in [0.3, 0.4) is 0 Å². The number of hydrogen-bond donors (Lipinski definition) is 0. The topological polar surface area (TPSA) is 6.48 Å². The quantitative estimate of drug-likeness (QED) is 0.126. The predicted molar refractivity (Wildman–Crippen MR) is 338 cm³/mol. The third-order valence-electron chi connectivity index (χ3n) is 18.1. The van der Waals surface area contributed by atoms with Crippen LogP contribution < -0.4 is 9.80 Å². The second kappa shape index (κ2) is 18.9. The Bertz CT molecular complexity index is 4050. The predicted octanol–water partition coefficient (Wildman–Crippen LogP) is 21.0. The lowest BCUT2D eigenvalue weighted by Crippen LogP contribution is -2.18. The van der Waals surface area contributed by atoms with E-state index in [0.717, 1.165) is 12.1 Å². The van der Waals surface area contributed by atoms with Crippen LogP contribution in [0.15, 0.2) is 212 Å². The van der Waals surface area contributed by atoms with E-state index < -0.39 is 0 Å². The molecule has 0 fully saturated rings. The van der Waals surface area contributed by atoms with Crippen molar-refractivity contribution >= 4 is 57.9 Å². The van der Waals surface area contributed by atoms with E-state index in [1.54, 1.807) is 0 Å². The largest absolute Gasteiger partial charge is 0.310 e. The van der Waals surface area contributed by atoms with Gasteiger partial charge in [-0.15, -0.1) is 0 Å². The first-order chi connectivity index (χ1) is 38.0. The SMILES string of the molecule is Cc1ccc(N(c2ccc3c(c2)C(C)(C)C2=CC(/C=C/c4ccc5c(c4)C(C)(C)c4cc(/C=C/c6ccc7c(c6)C(C)(C)c6cc(N(c8ccc(C)cc8)c8ccccc8C)ccc6-7)ccc4-5)CC=C23)c2ccccc2C)cc1. The van der Waals surface area contributed by atoms with E-state index in [1.165, 1.54) is 134 Å². The molecule has 0 radical (unpaired) electrons. The highest BCUT2D eigenvalue weighted by Crippen LogP contribution is 2.55. The first kappa shape index (κ1) is 50.1. The van der Waals surface area contributed by atoms with E-state index in [4.69, 9.17) is 0 Å². The minimum Gasteiger partial charge on any atom is -0.310 e. The molecule has 0 spiro atoms. The molecule has 0 aromatic heterocycles. The Balaban J connectivity index is 0.724. The minimum absolute atomic E-state index is 0.129. The van der Waals surface area contributed by atoms with Crippen LogP contribution in [0.2, 0.25) is 0 Å². The first-order valence-corrected chi connectivity index (χ1v) is 28.4. The van der Waals surface area contributed by atoms with E-state index in [0.29, 0.717) is 5.92 Å². The summed E-state index contributed by atoms with van der Waals surface area (Å²) in [5, 5.41) is 0. The highest BCUT2D eigenvalue weighted by molar-refractivity contribution is 5.93. The number of rotatable bonds is 10. The first-order valence-electron chi connectivity index (χ1n) is 28.4. The lowest BCUT2D eigenvalue weighted by atomic mass is 9.78. The molecule has 13 rings (SSSR count). The summed E-state index contributed by atoms with van der Waals surface area (Å²) in [5.41, 5.74) is 31.9. The Morgan fingerprint density at radius 3 is 1.22 bits per heavy atom. The fraction of sp³-hybridized carbons (Fsp3) is 0.195. The third-order valence-corrected chi connectivity index (χ3v) is 18.1. The molecular formula is C77H70N2. The molecule has 4 aliphatic carbocycles. The summed E-state index contributed by atoms with van der Waals surface area (Å²) < 4.78 is 0. The van der Waals surface area contributed by atoms with Gasteiger partial charge in [-0.3, -0.25) is 0 Å². The van der Waals surface area contributed by atoms with Gasteiger partial charge < -0.3 is 9.80 Å². The normalized spacial score (nSPS) is 16.7. The van der Waals surface area contributed by atoms with E-state index in [1.807, 2.05) is 0 Å². The Morgan fingerprint density at radius 2 is 0.759 bits per heavy atom. The lowest BCUT2D eigenvalue weighted by molar-refractivity contribution is 0.645. The van der Waals surface area contributed by atoms with Crippen molar-refractivity contribution in [2.24, 2.45) is 5.92 Å². The summed E-state index contributed by atoms with van der Waals surface area (Å²) in [4.78, 5) is 4.83. The molecule has 0 amide bonds. The van der Waals surface area contributed by atoms with Crippen LogP contribution >= 0.6 is 0 Å². The van der Waals surface area contributed by atoms with Crippen LogP contribution in [-0.2, 0) is 16.2 Å². The van der Waals surface area contributed by atoms with Gasteiger partial charge >= 0.3 is 0 Å². The number of nitrogens with zero attached hydrogens (tertiary/aromatic N) is 2. The molecule has 0 N–H and O–H groups in total. The molecule has 1 unspecified atom stereocenters. The van der Waals surface area contributed by atoms with Gasteiger partial charge in [0.15, 0.2) is 0 Å². The van der Waals surface area contributed by atoms with Crippen LogP contribution in [0.4, 0.5) is 34.1 Å². The number of allylic oxidation sites excluding steroid dienone is 5. The van der Waals surface area contributed by atoms with Crippen molar-refractivity contribution in [3.63, 3.8) is 0 Å². The van der Waals surface area contributed by atoms with Gasteiger partial charge in [0.2, 0.25) is 0 Å². The van der Waals surface area contributed by atoms with Gasteiger partial charge in [-0.1, -0.05) is 217 Å². The summed E-state index contributed by atoms with van der Waals surface area (Å²) >= 11 is 0. The Hall–Kier alpha value is -8.46. The van der Waals surface area contributed by atoms with E-state index in [2.05, 4.69) is 304 Å². The average Bonchev–Trinajstić information content (AvgIpc) is 4.10.